The molecule has 0 saturated carbocycles. The molecule has 0 aliphatic heterocycles. The number of nitrogens with two attached hydrogens (primary N) is 1. The number of benzene rings is 1. The Morgan fingerprint density at radius 3 is 2.41 bits per heavy atom. The van der Waals surface area contributed by atoms with Crippen LogP contribution < -0.4 is 5.73 Å². The molecule has 0 aliphatic carbocycles. The van der Waals surface area contributed by atoms with Gasteiger partial charge in [0.2, 0.25) is 0 Å². The molecule has 0 bridgehead atoms. The number of nitrogens with zero attached hydrogens (tertiary/aromatic N) is 2. The molecule has 0 unspecified atom stereocenters. The maximum Gasteiger partial charge on any atom is 0.178 e. The van der Waals surface area contributed by atoms with Crippen LogP contribution in [0.3, 0.4) is 0 Å². The quantitative estimate of drug-likeness (QED) is 0.890. The summed E-state index contributed by atoms with van der Waals surface area (Å²) < 4.78 is 24.8. The van der Waals surface area contributed by atoms with Crippen molar-refractivity contribution in [1.82, 2.24) is 9.78 Å². The summed E-state index contributed by atoms with van der Waals surface area (Å²) in [6.45, 7) is 1.62. The summed E-state index contributed by atoms with van der Waals surface area (Å²) >= 11 is 0. The number of nitrogen functional groups attached to an aromatic ring is 1. The highest BCUT2D eigenvalue weighted by Crippen LogP contribution is 2.15. The molecule has 2 rings (SSSR count). The standard InChI is InChI=1S/C11H13N3O2S/c1-2-17(15,16)11-5-3-10(4-6-11)14-8-9(12)7-13-14/h3-8H,2,12H2,1H3. The van der Waals surface area contributed by atoms with Crippen molar-refractivity contribution in [2.75, 3.05) is 11.5 Å². The first-order chi connectivity index (χ1) is 8.03. The van der Waals surface area contributed by atoms with Gasteiger partial charge in [-0.1, -0.05) is 6.92 Å². The molecule has 17 heavy (non-hydrogen) atoms. The third-order valence-electron chi connectivity index (χ3n) is 2.44. The van der Waals surface area contributed by atoms with Gasteiger partial charge >= 0.3 is 0 Å². The van der Waals surface area contributed by atoms with E-state index in [0.717, 1.165) is 5.69 Å². The molecule has 0 saturated heterocycles. The maximum atomic E-state index is 11.6. The molecular formula is C11H13N3O2S. The normalized spacial score (nSPS) is 11.6. The van der Waals surface area contributed by atoms with Crippen molar-refractivity contribution in [2.24, 2.45) is 0 Å². The molecule has 1 heterocycles. The first-order valence-electron chi connectivity index (χ1n) is 5.16. The molecule has 5 nitrogen and oxygen atoms in total. The first-order valence-corrected chi connectivity index (χ1v) is 6.81. The highest BCUT2D eigenvalue weighted by atomic mass is 32.2. The number of hydrogen-bond donors (Lipinski definition) is 1. The van der Waals surface area contributed by atoms with Gasteiger partial charge in [-0.05, 0) is 24.3 Å². The fraction of sp³-hybridized carbons (Fsp3) is 0.182. The Balaban J connectivity index is 2.37. The van der Waals surface area contributed by atoms with Crippen LogP contribution in [0.4, 0.5) is 5.69 Å². The van der Waals surface area contributed by atoms with Gasteiger partial charge in [0.25, 0.3) is 0 Å². The Morgan fingerprint density at radius 2 is 1.94 bits per heavy atom. The summed E-state index contributed by atoms with van der Waals surface area (Å²) in [5, 5.41) is 4.04. The van der Waals surface area contributed by atoms with Gasteiger partial charge in [0.15, 0.2) is 9.84 Å². The molecular weight excluding hydrogens is 238 g/mol. The fourth-order valence-electron chi connectivity index (χ4n) is 1.45. The van der Waals surface area contributed by atoms with Gasteiger partial charge in [-0.3, -0.25) is 0 Å². The van der Waals surface area contributed by atoms with Gasteiger partial charge in [-0.2, -0.15) is 5.10 Å². The Morgan fingerprint density at radius 1 is 1.29 bits per heavy atom. The second-order valence-electron chi connectivity index (χ2n) is 3.62. The van der Waals surface area contributed by atoms with Crippen LogP contribution in [0.25, 0.3) is 5.69 Å². The molecule has 0 fully saturated rings. The summed E-state index contributed by atoms with van der Waals surface area (Å²) in [6.07, 6.45) is 3.21. The van der Waals surface area contributed by atoms with E-state index in [2.05, 4.69) is 5.10 Å². The largest absolute Gasteiger partial charge is 0.396 e. The number of sulfone groups is 1. The molecule has 0 radical (unpaired) electrons. The number of anilines is 1. The molecule has 0 atom stereocenters. The first kappa shape index (κ1) is 11.7. The Kier molecular flexibility index (Phi) is 2.89. The maximum absolute atomic E-state index is 11.6. The zero-order valence-electron chi connectivity index (χ0n) is 9.37. The SMILES string of the molecule is CCS(=O)(=O)c1ccc(-n2cc(N)cn2)cc1. The summed E-state index contributed by atoms with van der Waals surface area (Å²) in [4.78, 5) is 0.323. The fourth-order valence-corrected chi connectivity index (χ4v) is 2.33. The second kappa shape index (κ2) is 4.21. The predicted octanol–water partition coefficient (Wildman–Crippen LogP) is 1.25. The zero-order valence-corrected chi connectivity index (χ0v) is 10.2. The van der Waals surface area contributed by atoms with E-state index in [1.165, 1.54) is 6.20 Å². The molecule has 2 aromatic rings. The van der Waals surface area contributed by atoms with Crippen molar-refractivity contribution < 1.29 is 8.42 Å². The van der Waals surface area contributed by atoms with E-state index in [-0.39, 0.29) is 5.75 Å². The summed E-state index contributed by atoms with van der Waals surface area (Å²) in [5.74, 6) is 0.0983. The van der Waals surface area contributed by atoms with Crippen molar-refractivity contribution in [3.05, 3.63) is 36.7 Å². The Bertz CT molecular complexity index is 614. The van der Waals surface area contributed by atoms with E-state index in [4.69, 9.17) is 5.73 Å². The lowest BCUT2D eigenvalue weighted by Gasteiger charge is -2.04. The average Bonchev–Trinajstić information content (AvgIpc) is 2.76. The van der Waals surface area contributed by atoms with Gasteiger partial charge in [0.05, 0.1) is 34.4 Å². The minimum Gasteiger partial charge on any atom is -0.396 e. The van der Waals surface area contributed by atoms with Gasteiger partial charge in [0.1, 0.15) is 0 Å². The van der Waals surface area contributed by atoms with Crippen molar-refractivity contribution in [3.63, 3.8) is 0 Å². The van der Waals surface area contributed by atoms with Crippen LogP contribution in [-0.2, 0) is 9.84 Å². The highest BCUT2D eigenvalue weighted by Gasteiger charge is 2.11. The summed E-state index contributed by atoms with van der Waals surface area (Å²) in [6, 6.07) is 6.56. The van der Waals surface area contributed by atoms with Crippen LogP contribution in [0.15, 0.2) is 41.6 Å². The van der Waals surface area contributed by atoms with Crippen LogP contribution >= 0.6 is 0 Å². The van der Waals surface area contributed by atoms with Gasteiger partial charge in [0, 0.05) is 0 Å². The lowest BCUT2D eigenvalue weighted by molar-refractivity contribution is 0.597. The molecule has 1 aromatic heterocycles. The number of aromatic nitrogens is 2. The minimum absolute atomic E-state index is 0.0983. The van der Waals surface area contributed by atoms with Crippen LogP contribution in [-0.4, -0.2) is 24.0 Å². The van der Waals surface area contributed by atoms with E-state index in [1.807, 2.05) is 0 Å². The molecule has 0 spiro atoms. The van der Waals surface area contributed by atoms with E-state index in [0.29, 0.717) is 10.6 Å². The van der Waals surface area contributed by atoms with Crippen LogP contribution in [0, 0.1) is 0 Å². The third-order valence-corrected chi connectivity index (χ3v) is 4.19. The van der Waals surface area contributed by atoms with Gasteiger partial charge < -0.3 is 5.73 Å². The molecule has 90 valence electrons. The molecule has 2 N–H and O–H groups in total. The van der Waals surface area contributed by atoms with E-state index in [1.54, 1.807) is 42.1 Å². The van der Waals surface area contributed by atoms with Crippen LogP contribution in [0.5, 0.6) is 0 Å². The second-order valence-corrected chi connectivity index (χ2v) is 5.89. The number of rotatable bonds is 3. The Labute approximate surface area is 99.8 Å². The smallest absolute Gasteiger partial charge is 0.178 e. The van der Waals surface area contributed by atoms with Crippen LogP contribution in [0.1, 0.15) is 6.92 Å². The van der Waals surface area contributed by atoms with Crippen LogP contribution in [0.2, 0.25) is 0 Å². The topological polar surface area (TPSA) is 78.0 Å². The number of hydrogen-bond acceptors (Lipinski definition) is 4. The van der Waals surface area contributed by atoms with E-state index in [9.17, 15) is 8.42 Å². The predicted molar refractivity (Wildman–Crippen MR) is 65.7 cm³/mol. The van der Waals surface area contributed by atoms with Crippen molar-refractivity contribution >= 4 is 15.5 Å². The zero-order chi connectivity index (χ0) is 12.5. The third kappa shape index (κ3) is 2.31. The molecule has 0 amide bonds. The van der Waals surface area contributed by atoms with Gasteiger partial charge in [-0.25, -0.2) is 13.1 Å². The van der Waals surface area contributed by atoms with Crippen molar-refractivity contribution in [1.29, 1.82) is 0 Å². The molecule has 1 aromatic carbocycles. The van der Waals surface area contributed by atoms with Crippen molar-refractivity contribution in [2.45, 2.75) is 11.8 Å². The van der Waals surface area contributed by atoms with E-state index >= 15 is 0 Å². The summed E-state index contributed by atoms with van der Waals surface area (Å²) in [7, 11) is -3.15. The Hall–Kier alpha value is -1.82. The molecule has 0 aliphatic rings. The van der Waals surface area contributed by atoms with Crippen molar-refractivity contribution in [3.8, 4) is 5.69 Å². The average molecular weight is 251 g/mol. The lowest BCUT2D eigenvalue weighted by atomic mass is 10.3. The summed E-state index contributed by atoms with van der Waals surface area (Å²) in [5.41, 5.74) is 6.90. The minimum atomic E-state index is -3.15. The van der Waals surface area contributed by atoms with Gasteiger partial charge in [-0.15, -0.1) is 0 Å². The molecule has 6 heteroatoms. The highest BCUT2D eigenvalue weighted by molar-refractivity contribution is 7.91. The van der Waals surface area contributed by atoms with E-state index < -0.39 is 9.84 Å². The monoisotopic (exact) mass is 251 g/mol. The lowest BCUT2D eigenvalue weighted by Crippen LogP contribution is -2.04.